The summed E-state index contributed by atoms with van der Waals surface area (Å²) < 4.78 is 45.2. The quantitative estimate of drug-likeness (QED) is 0.825. The van der Waals surface area contributed by atoms with Crippen LogP contribution in [0.15, 0.2) is 12.1 Å². The van der Waals surface area contributed by atoms with Gasteiger partial charge in [-0.2, -0.15) is 13.2 Å². The molecule has 18 heavy (non-hydrogen) atoms. The van der Waals surface area contributed by atoms with E-state index in [1.807, 2.05) is 11.5 Å². The minimum absolute atomic E-state index is 0.176. The Morgan fingerprint density at radius 3 is 2.50 bits per heavy atom. The Morgan fingerprint density at radius 2 is 2.00 bits per heavy atom. The summed E-state index contributed by atoms with van der Waals surface area (Å²) in [5.41, 5.74) is 0.195. The summed E-state index contributed by atoms with van der Waals surface area (Å²) in [5, 5.41) is 0. The van der Waals surface area contributed by atoms with Crippen molar-refractivity contribution in [1.82, 2.24) is 9.55 Å². The summed E-state index contributed by atoms with van der Waals surface area (Å²) >= 11 is 0. The van der Waals surface area contributed by atoms with Crippen molar-refractivity contribution in [2.24, 2.45) is 0 Å². The average Bonchev–Trinajstić information content (AvgIpc) is 2.60. The summed E-state index contributed by atoms with van der Waals surface area (Å²) in [6.07, 6.45) is -4.44. The van der Waals surface area contributed by atoms with Crippen molar-refractivity contribution in [3.8, 4) is 5.75 Å². The number of benzene rings is 1. The van der Waals surface area contributed by atoms with Crippen LogP contribution in [-0.4, -0.2) is 16.7 Å². The fourth-order valence-corrected chi connectivity index (χ4v) is 2.06. The molecule has 0 saturated heterocycles. The maximum absolute atomic E-state index is 12.8. The molecule has 98 valence electrons. The Balaban J connectivity index is 2.77. The van der Waals surface area contributed by atoms with Crippen LogP contribution in [0.1, 0.15) is 18.3 Å². The van der Waals surface area contributed by atoms with Gasteiger partial charge in [-0.05, 0) is 19.9 Å². The van der Waals surface area contributed by atoms with Crippen LogP contribution >= 0.6 is 0 Å². The van der Waals surface area contributed by atoms with E-state index in [0.29, 0.717) is 23.4 Å². The van der Waals surface area contributed by atoms with Crippen molar-refractivity contribution in [2.45, 2.75) is 26.6 Å². The Kier molecular flexibility index (Phi) is 2.96. The minimum Gasteiger partial charge on any atom is -0.496 e. The average molecular weight is 258 g/mol. The molecule has 6 heteroatoms. The summed E-state index contributed by atoms with van der Waals surface area (Å²) in [5.74, 6) is 0.512. The highest BCUT2D eigenvalue weighted by molar-refractivity contribution is 5.79. The van der Waals surface area contributed by atoms with Gasteiger partial charge in [0.05, 0.1) is 23.7 Å². The topological polar surface area (TPSA) is 27.1 Å². The molecular weight excluding hydrogens is 245 g/mol. The third-order valence-electron chi connectivity index (χ3n) is 2.88. The molecule has 3 nitrogen and oxygen atoms in total. The first-order chi connectivity index (χ1) is 8.38. The first-order valence-electron chi connectivity index (χ1n) is 5.50. The van der Waals surface area contributed by atoms with Crippen molar-refractivity contribution < 1.29 is 17.9 Å². The highest BCUT2D eigenvalue weighted by Crippen LogP contribution is 2.38. The number of fused-ring (bicyclic) bond motifs is 1. The number of rotatable bonds is 2. The summed E-state index contributed by atoms with van der Waals surface area (Å²) in [6.45, 7) is 4.33. The molecule has 0 spiro atoms. The lowest BCUT2D eigenvalue weighted by Gasteiger charge is -2.12. The molecule has 0 N–H and O–H groups in total. The van der Waals surface area contributed by atoms with Crippen molar-refractivity contribution in [3.05, 3.63) is 23.5 Å². The molecule has 1 aromatic carbocycles. The molecule has 2 rings (SSSR count). The predicted molar refractivity (Wildman–Crippen MR) is 61.7 cm³/mol. The van der Waals surface area contributed by atoms with Gasteiger partial charge in [0, 0.05) is 12.6 Å². The van der Waals surface area contributed by atoms with Crippen LogP contribution in [0.3, 0.4) is 0 Å². The molecule has 1 aromatic heterocycles. The van der Waals surface area contributed by atoms with Gasteiger partial charge in [0.15, 0.2) is 0 Å². The standard InChI is InChI=1S/C12H13F3N2O/c1-4-17-7(2)16-9-5-8(12(13,14)15)11(18-3)6-10(9)17/h5-6H,4H2,1-3H3. The van der Waals surface area contributed by atoms with Crippen LogP contribution in [0.2, 0.25) is 0 Å². The lowest BCUT2D eigenvalue weighted by molar-refractivity contribution is -0.138. The molecule has 0 unspecified atom stereocenters. The van der Waals surface area contributed by atoms with Crippen LogP contribution in [0.25, 0.3) is 11.0 Å². The highest BCUT2D eigenvalue weighted by atomic mass is 19.4. The third-order valence-corrected chi connectivity index (χ3v) is 2.88. The van der Waals surface area contributed by atoms with E-state index in [4.69, 9.17) is 4.74 Å². The van der Waals surface area contributed by atoms with Gasteiger partial charge in [-0.3, -0.25) is 0 Å². The Hall–Kier alpha value is -1.72. The van der Waals surface area contributed by atoms with Gasteiger partial charge in [-0.15, -0.1) is 0 Å². The number of methoxy groups -OCH3 is 1. The lowest BCUT2D eigenvalue weighted by Crippen LogP contribution is -2.07. The maximum atomic E-state index is 12.8. The van der Waals surface area contributed by atoms with E-state index in [1.165, 1.54) is 13.2 Å². The molecule has 0 saturated carbocycles. The summed E-state index contributed by atoms with van der Waals surface area (Å²) in [4.78, 5) is 4.14. The molecule has 0 aliphatic heterocycles. The Bertz CT molecular complexity index is 587. The van der Waals surface area contributed by atoms with E-state index in [1.54, 1.807) is 6.92 Å². The predicted octanol–water partition coefficient (Wildman–Crippen LogP) is 3.39. The number of imidazole rings is 1. The molecule has 0 aliphatic carbocycles. The summed E-state index contributed by atoms with van der Waals surface area (Å²) in [7, 11) is 1.23. The zero-order valence-corrected chi connectivity index (χ0v) is 10.3. The minimum atomic E-state index is -4.44. The van der Waals surface area contributed by atoms with Crippen LogP contribution in [0.4, 0.5) is 13.2 Å². The molecule has 0 radical (unpaired) electrons. The Labute approximate surface area is 102 Å². The number of ether oxygens (including phenoxy) is 1. The number of nitrogens with zero attached hydrogens (tertiary/aromatic N) is 2. The fourth-order valence-electron chi connectivity index (χ4n) is 2.06. The zero-order valence-electron chi connectivity index (χ0n) is 10.3. The van der Waals surface area contributed by atoms with E-state index in [0.717, 1.165) is 6.07 Å². The van der Waals surface area contributed by atoms with Gasteiger partial charge in [0.1, 0.15) is 11.6 Å². The van der Waals surface area contributed by atoms with E-state index in [2.05, 4.69) is 4.98 Å². The van der Waals surface area contributed by atoms with E-state index in [-0.39, 0.29) is 5.75 Å². The second-order valence-corrected chi connectivity index (χ2v) is 3.94. The largest absolute Gasteiger partial charge is 0.496 e. The fraction of sp³-hybridized carbons (Fsp3) is 0.417. The van der Waals surface area contributed by atoms with Gasteiger partial charge in [-0.1, -0.05) is 0 Å². The molecular formula is C12H13F3N2O. The van der Waals surface area contributed by atoms with E-state index in [9.17, 15) is 13.2 Å². The molecule has 0 amide bonds. The van der Waals surface area contributed by atoms with Crippen molar-refractivity contribution in [3.63, 3.8) is 0 Å². The second-order valence-electron chi connectivity index (χ2n) is 3.94. The first kappa shape index (κ1) is 12.7. The number of aromatic nitrogens is 2. The number of halogens is 3. The molecule has 1 heterocycles. The van der Waals surface area contributed by atoms with Crippen LogP contribution < -0.4 is 4.74 Å². The number of hydrogen-bond acceptors (Lipinski definition) is 2. The Morgan fingerprint density at radius 1 is 1.33 bits per heavy atom. The molecule has 0 atom stereocenters. The van der Waals surface area contributed by atoms with Crippen molar-refractivity contribution >= 4 is 11.0 Å². The first-order valence-corrected chi connectivity index (χ1v) is 5.50. The number of alkyl halides is 3. The van der Waals surface area contributed by atoms with Gasteiger partial charge >= 0.3 is 6.18 Å². The van der Waals surface area contributed by atoms with Crippen molar-refractivity contribution in [2.75, 3.05) is 7.11 Å². The summed E-state index contributed by atoms with van der Waals surface area (Å²) in [6, 6.07) is 2.43. The third kappa shape index (κ3) is 1.91. The van der Waals surface area contributed by atoms with Crippen LogP contribution in [0.5, 0.6) is 5.75 Å². The molecule has 0 aliphatic rings. The highest BCUT2D eigenvalue weighted by Gasteiger charge is 2.35. The van der Waals surface area contributed by atoms with Crippen LogP contribution in [0, 0.1) is 6.92 Å². The van der Waals surface area contributed by atoms with Gasteiger partial charge < -0.3 is 9.30 Å². The monoisotopic (exact) mass is 258 g/mol. The van der Waals surface area contributed by atoms with Crippen LogP contribution in [-0.2, 0) is 12.7 Å². The lowest BCUT2D eigenvalue weighted by atomic mass is 10.1. The van der Waals surface area contributed by atoms with E-state index >= 15 is 0 Å². The molecule has 0 fully saturated rings. The number of hydrogen-bond donors (Lipinski definition) is 0. The molecule has 2 aromatic rings. The van der Waals surface area contributed by atoms with Gasteiger partial charge in [-0.25, -0.2) is 4.98 Å². The van der Waals surface area contributed by atoms with Crippen molar-refractivity contribution in [1.29, 1.82) is 0 Å². The maximum Gasteiger partial charge on any atom is 0.420 e. The molecule has 0 bridgehead atoms. The smallest absolute Gasteiger partial charge is 0.420 e. The second kappa shape index (κ2) is 4.19. The zero-order chi connectivity index (χ0) is 13.5. The van der Waals surface area contributed by atoms with E-state index < -0.39 is 11.7 Å². The van der Waals surface area contributed by atoms with Gasteiger partial charge in [0.25, 0.3) is 0 Å². The SMILES string of the molecule is CCn1c(C)nc2cc(C(F)(F)F)c(OC)cc21. The number of aryl methyl sites for hydroxylation is 2. The normalized spacial score (nSPS) is 12.1. The van der Waals surface area contributed by atoms with Gasteiger partial charge in [0.2, 0.25) is 0 Å².